The van der Waals surface area contributed by atoms with Gasteiger partial charge in [0.05, 0.1) is 12.1 Å². The fourth-order valence-electron chi connectivity index (χ4n) is 2.82. The molecule has 1 unspecified atom stereocenters. The van der Waals surface area contributed by atoms with E-state index in [1.807, 2.05) is 12.1 Å². The van der Waals surface area contributed by atoms with E-state index < -0.39 is 0 Å². The number of ether oxygens (including phenoxy) is 1. The maximum Gasteiger partial charge on any atom is 0.221 e. The van der Waals surface area contributed by atoms with Crippen LogP contribution in [0, 0.1) is 0 Å². The molecule has 1 amide bonds. The van der Waals surface area contributed by atoms with Crippen LogP contribution < -0.4 is 10.1 Å². The van der Waals surface area contributed by atoms with Crippen LogP contribution in [0.15, 0.2) is 24.3 Å². The summed E-state index contributed by atoms with van der Waals surface area (Å²) in [6, 6.07) is 8.30. The average molecular weight is 287 g/mol. The van der Waals surface area contributed by atoms with Gasteiger partial charge in [0.25, 0.3) is 0 Å². The van der Waals surface area contributed by atoms with E-state index in [0.717, 1.165) is 17.2 Å². The van der Waals surface area contributed by atoms with Gasteiger partial charge in [-0.15, -0.1) is 11.3 Å². The van der Waals surface area contributed by atoms with Gasteiger partial charge in [-0.1, -0.05) is 19.1 Å². The van der Waals surface area contributed by atoms with Gasteiger partial charge in [-0.05, 0) is 35.6 Å². The summed E-state index contributed by atoms with van der Waals surface area (Å²) in [5, 5.41) is 3.80. The predicted molar refractivity (Wildman–Crippen MR) is 82.7 cm³/mol. The second-order valence-corrected chi connectivity index (χ2v) is 6.23. The van der Waals surface area contributed by atoms with Crippen molar-refractivity contribution in [2.75, 3.05) is 12.4 Å². The molecule has 1 aliphatic carbocycles. The first-order valence-electron chi connectivity index (χ1n) is 6.67. The molecule has 0 aliphatic heterocycles. The molecule has 0 saturated carbocycles. The largest absolute Gasteiger partial charge is 0.496 e. The number of rotatable bonds is 2. The van der Waals surface area contributed by atoms with Gasteiger partial charge >= 0.3 is 0 Å². The smallest absolute Gasteiger partial charge is 0.221 e. The van der Waals surface area contributed by atoms with Gasteiger partial charge in [-0.3, -0.25) is 4.79 Å². The summed E-state index contributed by atoms with van der Waals surface area (Å²) in [6.45, 7) is 3.77. The zero-order chi connectivity index (χ0) is 14.3. The first-order valence-corrected chi connectivity index (χ1v) is 7.49. The molecular weight excluding hydrogens is 270 g/mol. The Bertz CT molecular complexity index is 675. The van der Waals surface area contributed by atoms with E-state index >= 15 is 0 Å². The van der Waals surface area contributed by atoms with Crippen molar-refractivity contribution in [1.82, 2.24) is 0 Å². The molecule has 3 nitrogen and oxygen atoms in total. The number of amides is 1. The van der Waals surface area contributed by atoms with Crippen LogP contribution in [-0.4, -0.2) is 13.0 Å². The Morgan fingerprint density at radius 1 is 1.45 bits per heavy atom. The lowest BCUT2D eigenvalue weighted by atomic mass is 9.84. The standard InChI is InChI=1S/C16H17NO2S/c1-9-7-11-5-4-6-13(19-3)15(11)16-12(9)8-14(20-16)17-10(2)18/h4-6,8-9H,7H2,1-3H3,(H,17,18). The minimum Gasteiger partial charge on any atom is -0.496 e. The van der Waals surface area contributed by atoms with Crippen LogP contribution in [0.3, 0.4) is 0 Å². The Hall–Kier alpha value is -1.81. The molecule has 3 rings (SSSR count). The molecule has 4 heteroatoms. The number of nitrogens with one attached hydrogen (secondary N) is 1. The third-order valence-electron chi connectivity index (χ3n) is 3.68. The third-order valence-corrected chi connectivity index (χ3v) is 4.76. The van der Waals surface area contributed by atoms with Gasteiger partial charge in [0.15, 0.2) is 0 Å². The summed E-state index contributed by atoms with van der Waals surface area (Å²) in [5.74, 6) is 1.34. The molecular formula is C16H17NO2S. The summed E-state index contributed by atoms with van der Waals surface area (Å²) in [5.41, 5.74) is 3.81. The fraction of sp³-hybridized carbons (Fsp3) is 0.312. The zero-order valence-corrected chi connectivity index (χ0v) is 12.6. The van der Waals surface area contributed by atoms with Crippen LogP contribution in [-0.2, 0) is 11.2 Å². The number of carbonyl (C=O) groups excluding carboxylic acids is 1. The second kappa shape index (κ2) is 4.94. The van der Waals surface area contributed by atoms with Gasteiger partial charge in [-0.25, -0.2) is 0 Å². The first-order chi connectivity index (χ1) is 9.60. The highest BCUT2D eigenvalue weighted by atomic mass is 32.1. The number of hydrogen-bond donors (Lipinski definition) is 1. The number of fused-ring (bicyclic) bond motifs is 3. The maximum atomic E-state index is 11.2. The quantitative estimate of drug-likeness (QED) is 0.905. The normalized spacial score (nSPS) is 16.2. The lowest BCUT2D eigenvalue weighted by Gasteiger charge is -2.23. The number of anilines is 1. The van der Waals surface area contributed by atoms with Crippen LogP contribution in [0.2, 0.25) is 0 Å². The Morgan fingerprint density at radius 3 is 2.95 bits per heavy atom. The monoisotopic (exact) mass is 287 g/mol. The van der Waals surface area contributed by atoms with Crippen molar-refractivity contribution in [3.8, 4) is 16.2 Å². The van der Waals surface area contributed by atoms with E-state index in [-0.39, 0.29) is 5.91 Å². The van der Waals surface area contributed by atoms with Gasteiger partial charge < -0.3 is 10.1 Å². The van der Waals surface area contributed by atoms with E-state index in [0.29, 0.717) is 5.92 Å². The number of thiophene rings is 1. The second-order valence-electron chi connectivity index (χ2n) is 5.18. The SMILES string of the molecule is COc1cccc2c1-c1sc(NC(C)=O)cc1C(C)C2. The third kappa shape index (κ3) is 2.10. The summed E-state index contributed by atoms with van der Waals surface area (Å²) in [7, 11) is 1.70. The van der Waals surface area contributed by atoms with Gasteiger partial charge in [0, 0.05) is 17.4 Å². The van der Waals surface area contributed by atoms with E-state index in [9.17, 15) is 4.79 Å². The predicted octanol–water partition coefficient (Wildman–Crippen LogP) is 4.04. The van der Waals surface area contributed by atoms with Crippen LogP contribution in [0.25, 0.3) is 10.4 Å². The van der Waals surface area contributed by atoms with Crippen molar-refractivity contribution in [2.45, 2.75) is 26.2 Å². The summed E-state index contributed by atoms with van der Waals surface area (Å²) in [6.07, 6.45) is 1.01. The molecule has 0 radical (unpaired) electrons. The summed E-state index contributed by atoms with van der Waals surface area (Å²) < 4.78 is 5.51. The van der Waals surface area contributed by atoms with Gasteiger partial charge in [0.2, 0.25) is 5.91 Å². The van der Waals surface area contributed by atoms with E-state index in [1.54, 1.807) is 18.4 Å². The van der Waals surface area contributed by atoms with Crippen molar-refractivity contribution in [3.63, 3.8) is 0 Å². The van der Waals surface area contributed by atoms with Crippen LogP contribution in [0.4, 0.5) is 5.00 Å². The van der Waals surface area contributed by atoms with Crippen LogP contribution >= 0.6 is 11.3 Å². The molecule has 2 aromatic rings. The van der Waals surface area contributed by atoms with Gasteiger partial charge in [-0.2, -0.15) is 0 Å². The molecule has 20 heavy (non-hydrogen) atoms. The molecule has 0 saturated heterocycles. The summed E-state index contributed by atoms with van der Waals surface area (Å²) >= 11 is 1.63. The molecule has 0 bridgehead atoms. The molecule has 104 valence electrons. The van der Waals surface area contributed by atoms with Crippen molar-refractivity contribution in [1.29, 1.82) is 0 Å². The molecule has 1 aliphatic rings. The number of hydrogen-bond acceptors (Lipinski definition) is 3. The molecule has 0 fully saturated rings. The zero-order valence-electron chi connectivity index (χ0n) is 11.8. The maximum absolute atomic E-state index is 11.2. The molecule has 1 aromatic carbocycles. The lowest BCUT2D eigenvalue weighted by Crippen LogP contribution is -2.07. The molecule has 1 heterocycles. The Morgan fingerprint density at radius 2 is 2.25 bits per heavy atom. The minimum absolute atomic E-state index is 0.0310. The highest BCUT2D eigenvalue weighted by Crippen LogP contribution is 2.49. The van der Waals surface area contributed by atoms with E-state index in [4.69, 9.17) is 4.74 Å². The van der Waals surface area contributed by atoms with Crippen molar-refractivity contribution < 1.29 is 9.53 Å². The van der Waals surface area contributed by atoms with E-state index in [1.165, 1.54) is 28.5 Å². The fourth-order valence-corrected chi connectivity index (χ4v) is 4.13. The average Bonchev–Trinajstić information content (AvgIpc) is 2.81. The number of benzene rings is 1. The molecule has 1 aromatic heterocycles. The first kappa shape index (κ1) is 13.2. The summed E-state index contributed by atoms with van der Waals surface area (Å²) in [4.78, 5) is 12.5. The topological polar surface area (TPSA) is 38.3 Å². The highest BCUT2D eigenvalue weighted by Gasteiger charge is 2.27. The van der Waals surface area contributed by atoms with Crippen LogP contribution in [0.1, 0.15) is 30.9 Å². The van der Waals surface area contributed by atoms with E-state index in [2.05, 4.69) is 24.4 Å². The van der Waals surface area contributed by atoms with Crippen molar-refractivity contribution >= 4 is 22.2 Å². The molecule has 1 atom stereocenters. The Labute approximate surface area is 122 Å². The molecule has 0 spiro atoms. The van der Waals surface area contributed by atoms with Crippen LogP contribution in [0.5, 0.6) is 5.75 Å². The highest BCUT2D eigenvalue weighted by molar-refractivity contribution is 7.19. The number of methoxy groups -OCH3 is 1. The van der Waals surface area contributed by atoms with Gasteiger partial charge in [0.1, 0.15) is 5.75 Å². The van der Waals surface area contributed by atoms with Crippen molar-refractivity contribution in [3.05, 3.63) is 35.4 Å². The minimum atomic E-state index is -0.0310. The lowest BCUT2D eigenvalue weighted by molar-refractivity contribution is -0.114. The Balaban J connectivity index is 2.17. The molecule has 1 N–H and O–H groups in total. The Kier molecular flexibility index (Phi) is 3.26. The number of carbonyl (C=O) groups is 1. The van der Waals surface area contributed by atoms with Crippen molar-refractivity contribution in [2.24, 2.45) is 0 Å².